The molecular formula is C17H16N2O2. The number of carboxylic acids is 1. The van der Waals surface area contributed by atoms with Crippen LogP contribution in [0.25, 0.3) is 10.9 Å². The van der Waals surface area contributed by atoms with Gasteiger partial charge in [0.15, 0.2) is 5.69 Å². The van der Waals surface area contributed by atoms with Gasteiger partial charge in [0.05, 0.1) is 12.1 Å². The van der Waals surface area contributed by atoms with E-state index in [0.717, 1.165) is 11.1 Å². The number of para-hydroxylation sites is 1. The molecule has 21 heavy (non-hydrogen) atoms. The summed E-state index contributed by atoms with van der Waals surface area (Å²) in [5.41, 5.74) is 4.47. The molecule has 0 amide bonds. The molecule has 1 aromatic heterocycles. The van der Waals surface area contributed by atoms with Crippen LogP contribution in [0.15, 0.2) is 42.5 Å². The maximum Gasteiger partial charge on any atom is 0.357 e. The normalized spacial score (nSPS) is 11.0. The van der Waals surface area contributed by atoms with Crippen molar-refractivity contribution in [2.45, 2.75) is 20.4 Å². The van der Waals surface area contributed by atoms with Crippen LogP contribution in [0.4, 0.5) is 0 Å². The number of nitrogens with zero attached hydrogens (tertiary/aromatic N) is 2. The lowest BCUT2D eigenvalue weighted by Gasteiger charge is -2.08. The molecule has 0 radical (unpaired) electrons. The van der Waals surface area contributed by atoms with Crippen LogP contribution < -0.4 is 0 Å². The van der Waals surface area contributed by atoms with E-state index >= 15 is 0 Å². The van der Waals surface area contributed by atoms with Crippen molar-refractivity contribution < 1.29 is 9.90 Å². The van der Waals surface area contributed by atoms with Crippen molar-refractivity contribution in [1.29, 1.82) is 0 Å². The minimum Gasteiger partial charge on any atom is -0.476 e. The van der Waals surface area contributed by atoms with Crippen LogP contribution >= 0.6 is 0 Å². The molecule has 0 atom stereocenters. The highest BCUT2D eigenvalue weighted by atomic mass is 16.4. The highest BCUT2D eigenvalue weighted by molar-refractivity contribution is 6.01. The molecule has 0 aliphatic carbocycles. The fourth-order valence-electron chi connectivity index (χ4n) is 2.54. The Kier molecular flexibility index (Phi) is 3.22. The summed E-state index contributed by atoms with van der Waals surface area (Å²) in [7, 11) is 0. The van der Waals surface area contributed by atoms with Crippen LogP contribution in [0.1, 0.15) is 27.2 Å². The number of fused-ring (bicyclic) bond motifs is 1. The molecule has 0 aliphatic rings. The number of carboxylic acid groups (broad SMARTS) is 1. The second-order valence-electron chi connectivity index (χ2n) is 5.26. The van der Waals surface area contributed by atoms with Crippen molar-refractivity contribution in [2.24, 2.45) is 0 Å². The Labute approximate surface area is 122 Å². The largest absolute Gasteiger partial charge is 0.476 e. The van der Waals surface area contributed by atoms with Crippen LogP contribution in [0.3, 0.4) is 0 Å². The average molecular weight is 280 g/mol. The first-order chi connectivity index (χ1) is 10.1. The zero-order valence-corrected chi connectivity index (χ0v) is 12.0. The molecule has 1 N–H and O–H groups in total. The molecule has 106 valence electrons. The second kappa shape index (κ2) is 5.05. The van der Waals surface area contributed by atoms with E-state index in [9.17, 15) is 9.90 Å². The minimum absolute atomic E-state index is 0.107. The van der Waals surface area contributed by atoms with Gasteiger partial charge in [-0.1, -0.05) is 42.0 Å². The summed E-state index contributed by atoms with van der Waals surface area (Å²) in [4.78, 5) is 11.3. The Morgan fingerprint density at radius 2 is 1.95 bits per heavy atom. The molecule has 1 heterocycles. The Hall–Kier alpha value is -2.62. The number of aromatic nitrogens is 2. The van der Waals surface area contributed by atoms with E-state index in [1.807, 2.05) is 25.1 Å². The Bertz CT molecular complexity index is 834. The molecule has 0 unspecified atom stereocenters. The molecule has 0 aliphatic heterocycles. The van der Waals surface area contributed by atoms with E-state index in [2.05, 4.69) is 30.2 Å². The maximum absolute atomic E-state index is 11.3. The quantitative estimate of drug-likeness (QED) is 0.800. The number of benzene rings is 2. The molecule has 4 nitrogen and oxygen atoms in total. The summed E-state index contributed by atoms with van der Waals surface area (Å²) < 4.78 is 1.76. The number of aryl methyl sites for hydroxylation is 2. The molecular weight excluding hydrogens is 264 g/mol. The molecule has 0 bridgehead atoms. The Morgan fingerprint density at radius 1 is 1.19 bits per heavy atom. The monoisotopic (exact) mass is 280 g/mol. The first kappa shape index (κ1) is 13.4. The van der Waals surface area contributed by atoms with Gasteiger partial charge < -0.3 is 5.11 Å². The smallest absolute Gasteiger partial charge is 0.357 e. The predicted molar refractivity (Wildman–Crippen MR) is 81.7 cm³/mol. The topological polar surface area (TPSA) is 55.1 Å². The summed E-state index contributed by atoms with van der Waals surface area (Å²) in [6.45, 7) is 4.67. The summed E-state index contributed by atoms with van der Waals surface area (Å²) >= 11 is 0. The van der Waals surface area contributed by atoms with Crippen LogP contribution in [-0.4, -0.2) is 20.9 Å². The molecule has 3 rings (SSSR count). The van der Waals surface area contributed by atoms with Crippen molar-refractivity contribution in [1.82, 2.24) is 9.78 Å². The molecule has 0 fully saturated rings. The van der Waals surface area contributed by atoms with Gasteiger partial charge in [0.1, 0.15) is 0 Å². The lowest BCUT2D eigenvalue weighted by molar-refractivity contribution is 0.0691. The lowest BCUT2D eigenvalue weighted by atomic mass is 10.1. The van der Waals surface area contributed by atoms with E-state index in [1.165, 1.54) is 11.1 Å². The Balaban J connectivity index is 2.13. The number of hydrogen-bond acceptors (Lipinski definition) is 2. The van der Waals surface area contributed by atoms with Crippen LogP contribution in [-0.2, 0) is 6.54 Å². The van der Waals surface area contributed by atoms with Gasteiger partial charge in [-0.2, -0.15) is 5.10 Å². The highest BCUT2D eigenvalue weighted by Gasteiger charge is 2.16. The van der Waals surface area contributed by atoms with Crippen molar-refractivity contribution in [3.05, 3.63) is 64.8 Å². The summed E-state index contributed by atoms with van der Waals surface area (Å²) in [5.74, 6) is -0.995. The van der Waals surface area contributed by atoms with Gasteiger partial charge in [0, 0.05) is 5.39 Å². The first-order valence-corrected chi connectivity index (χ1v) is 6.81. The molecule has 2 aromatic carbocycles. The lowest BCUT2D eigenvalue weighted by Crippen LogP contribution is -2.05. The molecule has 0 saturated carbocycles. The standard InChI is InChI=1S/C17H16N2O2/c1-11-7-8-12(2)13(9-11)10-19-15-6-4-3-5-14(15)16(18-19)17(20)21/h3-9H,10H2,1-2H3,(H,20,21). The zero-order valence-electron chi connectivity index (χ0n) is 12.0. The van der Waals surface area contributed by atoms with Gasteiger partial charge in [0.2, 0.25) is 0 Å². The number of aromatic carboxylic acids is 1. The second-order valence-corrected chi connectivity index (χ2v) is 5.26. The van der Waals surface area contributed by atoms with Crippen LogP contribution in [0.2, 0.25) is 0 Å². The molecule has 3 aromatic rings. The first-order valence-electron chi connectivity index (χ1n) is 6.81. The average Bonchev–Trinajstić information content (AvgIpc) is 2.82. The van der Waals surface area contributed by atoms with Crippen LogP contribution in [0, 0.1) is 13.8 Å². The van der Waals surface area contributed by atoms with Gasteiger partial charge in [-0.25, -0.2) is 4.79 Å². The van der Waals surface area contributed by atoms with Gasteiger partial charge in [0.25, 0.3) is 0 Å². The summed E-state index contributed by atoms with van der Waals surface area (Å²) in [5, 5.41) is 14.2. The third kappa shape index (κ3) is 2.40. The van der Waals surface area contributed by atoms with Crippen LogP contribution in [0.5, 0.6) is 0 Å². The fraction of sp³-hybridized carbons (Fsp3) is 0.176. The van der Waals surface area contributed by atoms with E-state index in [0.29, 0.717) is 11.9 Å². The fourth-order valence-corrected chi connectivity index (χ4v) is 2.54. The third-order valence-electron chi connectivity index (χ3n) is 3.69. The van der Waals surface area contributed by atoms with Gasteiger partial charge in [-0.05, 0) is 31.0 Å². The zero-order chi connectivity index (χ0) is 15.0. The van der Waals surface area contributed by atoms with Crippen molar-refractivity contribution in [2.75, 3.05) is 0 Å². The van der Waals surface area contributed by atoms with Gasteiger partial charge in [-0.15, -0.1) is 0 Å². The Morgan fingerprint density at radius 3 is 2.71 bits per heavy atom. The maximum atomic E-state index is 11.3. The predicted octanol–water partition coefficient (Wildman–Crippen LogP) is 3.40. The minimum atomic E-state index is -0.995. The van der Waals surface area contributed by atoms with E-state index in [-0.39, 0.29) is 5.69 Å². The van der Waals surface area contributed by atoms with Gasteiger partial charge in [-0.3, -0.25) is 4.68 Å². The third-order valence-corrected chi connectivity index (χ3v) is 3.69. The number of rotatable bonds is 3. The molecule has 0 spiro atoms. The molecule has 4 heteroatoms. The molecule has 0 saturated heterocycles. The highest BCUT2D eigenvalue weighted by Crippen LogP contribution is 2.21. The van der Waals surface area contributed by atoms with E-state index in [4.69, 9.17) is 0 Å². The van der Waals surface area contributed by atoms with E-state index < -0.39 is 5.97 Å². The summed E-state index contributed by atoms with van der Waals surface area (Å²) in [6.07, 6.45) is 0. The van der Waals surface area contributed by atoms with Gasteiger partial charge >= 0.3 is 5.97 Å². The van der Waals surface area contributed by atoms with Crippen molar-refractivity contribution >= 4 is 16.9 Å². The number of hydrogen-bond donors (Lipinski definition) is 1. The van der Waals surface area contributed by atoms with E-state index in [1.54, 1.807) is 10.7 Å². The SMILES string of the molecule is Cc1ccc(C)c(Cn2nc(C(=O)O)c3ccccc32)c1. The number of carbonyl (C=O) groups is 1. The summed E-state index contributed by atoms with van der Waals surface area (Å²) in [6, 6.07) is 13.7. The van der Waals surface area contributed by atoms with Crippen molar-refractivity contribution in [3.8, 4) is 0 Å². The van der Waals surface area contributed by atoms with Crippen molar-refractivity contribution in [3.63, 3.8) is 0 Å².